The lowest BCUT2D eigenvalue weighted by Crippen LogP contribution is -2.16. The fraction of sp³-hybridized carbons (Fsp3) is 0.222. The Morgan fingerprint density at radius 3 is 2.44 bits per heavy atom. The highest BCUT2D eigenvalue weighted by molar-refractivity contribution is 7.93. The van der Waals surface area contributed by atoms with Gasteiger partial charge in [0.2, 0.25) is 0 Å². The largest absolute Gasteiger partial charge is 0.493 e. The highest BCUT2D eigenvalue weighted by Crippen LogP contribution is 2.32. The molecule has 0 fully saturated rings. The summed E-state index contributed by atoms with van der Waals surface area (Å²) in [6, 6.07) is 19.7. The second-order valence-corrected chi connectivity index (χ2v) is 9.29. The van der Waals surface area contributed by atoms with E-state index in [9.17, 15) is 9.00 Å². The SMILES string of the molecule is Cc1c(OCCCN)ccc(-c2cccc(COc3ccc(C4=CC(=O)NS4=O)cc3)c2)c1C. The van der Waals surface area contributed by atoms with E-state index in [-0.39, 0.29) is 5.91 Å². The fourth-order valence-electron chi connectivity index (χ4n) is 3.78. The first-order valence-electron chi connectivity index (χ1n) is 11.2. The first-order chi connectivity index (χ1) is 16.5. The van der Waals surface area contributed by atoms with Crippen LogP contribution in [0.2, 0.25) is 0 Å². The molecule has 1 amide bonds. The van der Waals surface area contributed by atoms with Crippen LogP contribution < -0.4 is 19.9 Å². The van der Waals surface area contributed by atoms with Gasteiger partial charge in [0.1, 0.15) is 18.1 Å². The smallest absolute Gasteiger partial charge is 0.257 e. The average molecular weight is 477 g/mol. The van der Waals surface area contributed by atoms with Crippen molar-refractivity contribution in [1.29, 1.82) is 0 Å². The maximum atomic E-state index is 11.9. The Balaban J connectivity index is 1.44. The lowest BCUT2D eigenvalue weighted by molar-refractivity contribution is -0.114. The molecule has 0 saturated carbocycles. The minimum atomic E-state index is -1.50. The Hall–Kier alpha value is -3.42. The van der Waals surface area contributed by atoms with E-state index in [4.69, 9.17) is 15.2 Å². The first kappa shape index (κ1) is 23.7. The summed E-state index contributed by atoms with van der Waals surface area (Å²) in [5.74, 6) is 1.26. The van der Waals surface area contributed by atoms with E-state index in [0.717, 1.165) is 40.0 Å². The van der Waals surface area contributed by atoms with E-state index in [1.54, 1.807) is 12.1 Å². The van der Waals surface area contributed by atoms with Gasteiger partial charge in [0, 0.05) is 6.08 Å². The predicted octanol–water partition coefficient (Wildman–Crippen LogP) is 4.41. The van der Waals surface area contributed by atoms with Gasteiger partial charge in [-0.25, -0.2) is 4.21 Å². The van der Waals surface area contributed by atoms with Crippen LogP contribution in [0.15, 0.2) is 66.7 Å². The summed E-state index contributed by atoms with van der Waals surface area (Å²) >= 11 is 0. The molecule has 1 unspecified atom stereocenters. The molecule has 0 saturated heterocycles. The molecule has 3 aromatic carbocycles. The molecule has 176 valence electrons. The second kappa shape index (κ2) is 10.7. The van der Waals surface area contributed by atoms with Gasteiger partial charge in [-0.15, -0.1) is 0 Å². The molecule has 0 bridgehead atoms. The van der Waals surface area contributed by atoms with Crippen molar-refractivity contribution in [2.75, 3.05) is 13.2 Å². The monoisotopic (exact) mass is 476 g/mol. The summed E-state index contributed by atoms with van der Waals surface area (Å²) in [6.07, 6.45) is 2.19. The molecule has 7 heteroatoms. The maximum absolute atomic E-state index is 11.9. The van der Waals surface area contributed by atoms with Gasteiger partial charge in [0.15, 0.2) is 11.0 Å². The molecule has 0 aromatic heterocycles. The summed E-state index contributed by atoms with van der Waals surface area (Å²) in [5.41, 5.74) is 11.9. The van der Waals surface area contributed by atoms with Crippen molar-refractivity contribution < 1.29 is 18.5 Å². The molecular formula is C27H28N2O4S. The molecule has 1 atom stereocenters. The fourth-order valence-corrected chi connectivity index (χ4v) is 4.70. The quantitative estimate of drug-likeness (QED) is 0.447. The Morgan fingerprint density at radius 2 is 1.74 bits per heavy atom. The zero-order valence-corrected chi connectivity index (χ0v) is 20.1. The molecule has 6 nitrogen and oxygen atoms in total. The van der Waals surface area contributed by atoms with Crippen molar-refractivity contribution in [3.63, 3.8) is 0 Å². The molecule has 1 aliphatic rings. The summed E-state index contributed by atoms with van der Waals surface area (Å²) in [7, 11) is -1.50. The Labute approximate surface area is 202 Å². The van der Waals surface area contributed by atoms with E-state index in [0.29, 0.717) is 30.4 Å². The van der Waals surface area contributed by atoms with Crippen LogP contribution in [0.4, 0.5) is 0 Å². The van der Waals surface area contributed by atoms with Gasteiger partial charge in [0.25, 0.3) is 5.91 Å². The average Bonchev–Trinajstić information content (AvgIpc) is 3.19. The summed E-state index contributed by atoms with van der Waals surface area (Å²) < 4.78 is 26.1. The zero-order chi connectivity index (χ0) is 24.1. The van der Waals surface area contributed by atoms with Crippen molar-refractivity contribution >= 4 is 21.8 Å². The van der Waals surface area contributed by atoms with Gasteiger partial charge in [-0.3, -0.25) is 9.52 Å². The number of benzene rings is 3. The third-order valence-corrected chi connectivity index (χ3v) is 6.92. The molecule has 0 spiro atoms. The van der Waals surface area contributed by atoms with Crippen LogP contribution in [0, 0.1) is 13.8 Å². The Morgan fingerprint density at radius 1 is 0.941 bits per heavy atom. The van der Waals surface area contributed by atoms with Crippen molar-refractivity contribution in [3.05, 3.63) is 89.0 Å². The number of ether oxygens (including phenoxy) is 2. The van der Waals surface area contributed by atoms with Crippen LogP contribution in [-0.4, -0.2) is 23.3 Å². The number of nitrogens with two attached hydrogens (primary N) is 1. The molecule has 1 aliphatic heterocycles. The molecule has 0 radical (unpaired) electrons. The topological polar surface area (TPSA) is 90.7 Å². The molecule has 0 aliphatic carbocycles. The highest BCUT2D eigenvalue weighted by Gasteiger charge is 2.20. The zero-order valence-electron chi connectivity index (χ0n) is 19.3. The van der Waals surface area contributed by atoms with E-state index in [1.807, 2.05) is 30.3 Å². The van der Waals surface area contributed by atoms with Gasteiger partial charge in [-0.2, -0.15) is 0 Å². The summed E-state index contributed by atoms with van der Waals surface area (Å²) in [6.45, 7) is 5.85. The molecule has 3 aromatic rings. The van der Waals surface area contributed by atoms with Crippen molar-refractivity contribution in [3.8, 4) is 22.6 Å². The number of hydrogen-bond acceptors (Lipinski definition) is 5. The number of carbonyl (C=O) groups excluding carboxylic acids is 1. The standard InChI is InChI=1S/C27H28N2O4S/c1-18-19(2)25(32-14-4-13-28)12-11-24(18)22-6-3-5-20(15-22)17-33-23-9-7-21(8-10-23)26-16-27(30)29-34(26)31/h3,5-12,15-16H,4,13-14,17,28H2,1-2H3,(H,29,30). The van der Waals surface area contributed by atoms with E-state index < -0.39 is 11.0 Å². The molecule has 4 rings (SSSR count). The van der Waals surface area contributed by atoms with Gasteiger partial charge >= 0.3 is 0 Å². The molecule has 3 N–H and O–H groups in total. The van der Waals surface area contributed by atoms with Gasteiger partial charge < -0.3 is 15.2 Å². The van der Waals surface area contributed by atoms with Crippen LogP contribution in [0.1, 0.15) is 28.7 Å². The van der Waals surface area contributed by atoms with E-state index >= 15 is 0 Å². The molecular weight excluding hydrogens is 448 g/mol. The lowest BCUT2D eigenvalue weighted by Gasteiger charge is -2.15. The van der Waals surface area contributed by atoms with Gasteiger partial charge in [-0.1, -0.05) is 36.4 Å². The minimum absolute atomic E-state index is 0.340. The number of rotatable bonds is 9. The normalized spacial score (nSPS) is 15.1. The van der Waals surface area contributed by atoms with Crippen molar-refractivity contribution in [2.45, 2.75) is 26.9 Å². The number of amides is 1. The Kier molecular flexibility index (Phi) is 7.45. The summed E-state index contributed by atoms with van der Waals surface area (Å²) in [5, 5.41) is 0. The van der Waals surface area contributed by atoms with Crippen LogP contribution in [0.25, 0.3) is 16.0 Å². The van der Waals surface area contributed by atoms with E-state index in [1.165, 1.54) is 11.6 Å². The van der Waals surface area contributed by atoms with Crippen LogP contribution in [0.3, 0.4) is 0 Å². The van der Waals surface area contributed by atoms with Crippen LogP contribution in [-0.2, 0) is 22.4 Å². The van der Waals surface area contributed by atoms with Gasteiger partial charge in [0.05, 0.1) is 11.5 Å². The maximum Gasteiger partial charge on any atom is 0.257 e. The first-order valence-corrected chi connectivity index (χ1v) is 12.3. The van der Waals surface area contributed by atoms with Crippen molar-refractivity contribution in [2.24, 2.45) is 5.73 Å². The number of hydrogen-bond donors (Lipinski definition) is 2. The molecule has 34 heavy (non-hydrogen) atoms. The third-order valence-electron chi connectivity index (χ3n) is 5.78. The van der Waals surface area contributed by atoms with Gasteiger partial charge in [-0.05, 0) is 84.5 Å². The summed E-state index contributed by atoms with van der Waals surface area (Å²) in [4.78, 5) is 11.9. The van der Waals surface area contributed by atoms with E-state index in [2.05, 4.69) is 36.8 Å². The minimum Gasteiger partial charge on any atom is -0.493 e. The number of carbonyl (C=O) groups is 1. The second-order valence-electron chi connectivity index (χ2n) is 8.11. The third kappa shape index (κ3) is 5.38. The van der Waals surface area contributed by atoms with Crippen LogP contribution in [0.5, 0.6) is 11.5 Å². The molecule has 1 heterocycles. The Bertz CT molecular complexity index is 1250. The van der Waals surface area contributed by atoms with Crippen molar-refractivity contribution in [1.82, 2.24) is 4.72 Å². The lowest BCUT2D eigenvalue weighted by atomic mass is 9.95. The predicted molar refractivity (Wildman–Crippen MR) is 136 cm³/mol. The highest BCUT2D eigenvalue weighted by atomic mass is 32.2. The number of nitrogens with one attached hydrogen (secondary N) is 1. The van der Waals surface area contributed by atoms with Crippen LogP contribution >= 0.6 is 0 Å².